The highest BCUT2D eigenvalue weighted by Crippen LogP contribution is 2.30. The summed E-state index contributed by atoms with van der Waals surface area (Å²) >= 11 is 6.35. The molecule has 4 rings (SSSR count). The first-order valence-corrected chi connectivity index (χ1v) is 11.5. The third-order valence-corrected chi connectivity index (χ3v) is 5.93. The van der Waals surface area contributed by atoms with Crippen LogP contribution in [-0.2, 0) is 38.8 Å². The highest BCUT2D eigenvalue weighted by molar-refractivity contribution is 6.20. The van der Waals surface area contributed by atoms with E-state index in [2.05, 4.69) is 0 Å². The fraction of sp³-hybridized carbons (Fsp3) is 0.333. The third kappa shape index (κ3) is 6.87. The molecule has 3 aromatic rings. The number of alkyl halides is 1. The molecule has 33 heavy (non-hydrogen) atoms. The Morgan fingerprint density at radius 3 is 1.64 bits per heavy atom. The molecule has 1 N–H and O–H groups in total. The minimum absolute atomic E-state index is 0.259. The number of aliphatic hydroxyl groups is 1. The van der Waals surface area contributed by atoms with E-state index < -0.39 is 30.0 Å². The molecule has 0 saturated carbocycles. The molecule has 0 spiro atoms. The molecule has 0 aromatic heterocycles. The van der Waals surface area contributed by atoms with Crippen molar-refractivity contribution in [2.45, 2.75) is 49.8 Å². The van der Waals surface area contributed by atoms with Gasteiger partial charge >= 0.3 is 0 Å². The number of rotatable bonds is 10. The van der Waals surface area contributed by atoms with Gasteiger partial charge in [0, 0.05) is 0 Å². The first kappa shape index (κ1) is 23.9. The van der Waals surface area contributed by atoms with Gasteiger partial charge in [-0.2, -0.15) is 0 Å². The van der Waals surface area contributed by atoms with E-state index in [1.165, 1.54) is 0 Å². The summed E-state index contributed by atoms with van der Waals surface area (Å²) in [5, 5.41) is 10.8. The number of halogens is 1. The van der Waals surface area contributed by atoms with Crippen LogP contribution < -0.4 is 0 Å². The van der Waals surface area contributed by atoms with Crippen LogP contribution in [0.2, 0.25) is 0 Å². The number of hydrogen-bond acceptors (Lipinski definition) is 5. The molecule has 1 saturated heterocycles. The van der Waals surface area contributed by atoms with Gasteiger partial charge in [-0.05, 0) is 16.7 Å². The van der Waals surface area contributed by atoms with Crippen LogP contribution in [-0.4, -0.2) is 41.7 Å². The van der Waals surface area contributed by atoms with Crippen LogP contribution in [0.25, 0.3) is 0 Å². The van der Waals surface area contributed by atoms with E-state index in [1.54, 1.807) is 0 Å². The van der Waals surface area contributed by atoms with E-state index in [4.69, 9.17) is 30.5 Å². The van der Waals surface area contributed by atoms with Gasteiger partial charge in [-0.25, -0.2) is 0 Å². The Kier molecular flexibility index (Phi) is 8.89. The van der Waals surface area contributed by atoms with E-state index in [1.807, 2.05) is 91.0 Å². The second-order valence-corrected chi connectivity index (χ2v) is 8.47. The Hall–Kier alpha value is -2.25. The zero-order chi connectivity index (χ0) is 22.9. The van der Waals surface area contributed by atoms with Crippen LogP contribution in [0, 0.1) is 0 Å². The Labute approximate surface area is 199 Å². The van der Waals surface area contributed by atoms with Gasteiger partial charge in [0.15, 0.2) is 5.56 Å². The van der Waals surface area contributed by atoms with Crippen LogP contribution >= 0.6 is 11.6 Å². The highest BCUT2D eigenvalue weighted by atomic mass is 35.5. The zero-order valence-electron chi connectivity index (χ0n) is 18.3. The first-order valence-electron chi connectivity index (χ1n) is 11.1. The summed E-state index contributed by atoms with van der Waals surface area (Å²) in [5.41, 5.74) is 2.16. The summed E-state index contributed by atoms with van der Waals surface area (Å²) in [6.07, 6.45) is -2.77. The highest BCUT2D eigenvalue weighted by Gasteiger charge is 2.46. The van der Waals surface area contributed by atoms with Gasteiger partial charge in [0.2, 0.25) is 0 Å². The van der Waals surface area contributed by atoms with Crippen molar-refractivity contribution in [1.82, 2.24) is 0 Å². The summed E-state index contributed by atoms with van der Waals surface area (Å²) in [4.78, 5) is 0. The van der Waals surface area contributed by atoms with E-state index in [0.717, 1.165) is 16.7 Å². The maximum absolute atomic E-state index is 10.8. The Morgan fingerprint density at radius 2 is 1.12 bits per heavy atom. The van der Waals surface area contributed by atoms with Crippen LogP contribution in [0.1, 0.15) is 16.7 Å². The molecule has 1 aliphatic rings. The fourth-order valence-electron chi connectivity index (χ4n) is 3.81. The topological polar surface area (TPSA) is 57.2 Å². The third-order valence-electron chi connectivity index (χ3n) is 5.56. The van der Waals surface area contributed by atoms with E-state index >= 15 is 0 Å². The molecule has 1 fully saturated rings. The second kappa shape index (κ2) is 12.3. The molecular weight excluding hydrogens is 440 g/mol. The van der Waals surface area contributed by atoms with Gasteiger partial charge in [-0.1, -0.05) is 103 Å². The SMILES string of the molecule is O[C@@H]1[C@@H](OCc2ccccc2)[C@@H](OCc2ccccc2)[C@@H](COCc2ccccc2)O[C@@H]1Cl. The number of ether oxygens (including phenoxy) is 4. The van der Waals surface area contributed by atoms with Crippen LogP contribution in [0.15, 0.2) is 91.0 Å². The molecule has 5 nitrogen and oxygen atoms in total. The smallest absolute Gasteiger partial charge is 0.160 e. The molecule has 0 aliphatic carbocycles. The zero-order valence-corrected chi connectivity index (χ0v) is 19.1. The van der Waals surface area contributed by atoms with Gasteiger partial charge in [-0.15, -0.1) is 0 Å². The van der Waals surface area contributed by atoms with Gasteiger partial charge in [0.05, 0.1) is 26.4 Å². The lowest BCUT2D eigenvalue weighted by atomic mass is 9.99. The van der Waals surface area contributed by atoms with E-state index in [0.29, 0.717) is 19.8 Å². The Morgan fingerprint density at radius 1 is 0.667 bits per heavy atom. The Balaban J connectivity index is 1.46. The standard InChI is InChI=1S/C27H29ClO5/c28-27-24(29)26(32-18-22-14-8-3-9-15-22)25(31-17-21-12-6-2-7-13-21)23(33-27)19-30-16-20-10-4-1-5-11-20/h1-15,23-27,29H,16-19H2/t23-,24-,25+,26-,27+/m1/s1. The van der Waals surface area contributed by atoms with Crippen molar-refractivity contribution in [2.75, 3.05) is 6.61 Å². The molecule has 0 bridgehead atoms. The van der Waals surface area contributed by atoms with Gasteiger partial charge in [-0.3, -0.25) is 0 Å². The van der Waals surface area contributed by atoms with Gasteiger partial charge in [0.25, 0.3) is 0 Å². The lowest BCUT2D eigenvalue weighted by molar-refractivity contribution is -0.244. The monoisotopic (exact) mass is 468 g/mol. The van der Waals surface area contributed by atoms with E-state index in [-0.39, 0.29) is 6.61 Å². The van der Waals surface area contributed by atoms with Crippen molar-refractivity contribution in [1.29, 1.82) is 0 Å². The minimum atomic E-state index is -1.04. The van der Waals surface area contributed by atoms with Crippen molar-refractivity contribution in [2.24, 2.45) is 0 Å². The minimum Gasteiger partial charge on any atom is -0.386 e. The van der Waals surface area contributed by atoms with Crippen molar-refractivity contribution in [3.05, 3.63) is 108 Å². The summed E-state index contributed by atoms with van der Waals surface area (Å²) in [6.45, 7) is 1.39. The molecule has 3 aromatic carbocycles. The van der Waals surface area contributed by atoms with Crippen molar-refractivity contribution in [3.63, 3.8) is 0 Å². The molecule has 5 atom stereocenters. The maximum atomic E-state index is 10.8. The lowest BCUT2D eigenvalue weighted by Gasteiger charge is -2.42. The predicted octanol–water partition coefficient (Wildman–Crippen LogP) is 4.70. The van der Waals surface area contributed by atoms with Crippen LogP contribution in [0.4, 0.5) is 0 Å². The molecule has 6 heteroatoms. The molecular formula is C27H29ClO5. The second-order valence-electron chi connectivity index (χ2n) is 8.04. The molecule has 0 amide bonds. The summed E-state index contributed by atoms with van der Waals surface area (Å²) in [6, 6.07) is 29.6. The van der Waals surface area contributed by atoms with E-state index in [9.17, 15) is 5.11 Å². The molecule has 0 unspecified atom stereocenters. The normalized spacial score (nSPS) is 25.1. The lowest BCUT2D eigenvalue weighted by Crippen LogP contribution is -2.59. The van der Waals surface area contributed by atoms with Gasteiger partial charge < -0.3 is 24.1 Å². The number of hydrogen-bond donors (Lipinski definition) is 1. The van der Waals surface area contributed by atoms with Crippen LogP contribution in [0.5, 0.6) is 0 Å². The average molecular weight is 469 g/mol. The number of benzene rings is 3. The molecule has 0 radical (unpaired) electrons. The van der Waals surface area contributed by atoms with Crippen molar-refractivity contribution >= 4 is 11.6 Å². The Bertz CT molecular complexity index is 941. The average Bonchev–Trinajstić information content (AvgIpc) is 2.86. The van der Waals surface area contributed by atoms with Crippen LogP contribution in [0.3, 0.4) is 0 Å². The predicted molar refractivity (Wildman–Crippen MR) is 127 cm³/mol. The molecule has 1 heterocycles. The van der Waals surface area contributed by atoms with Crippen molar-refractivity contribution < 1.29 is 24.1 Å². The first-order chi connectivity index (χ1) is 16.2. The number of aliphatic hydroxyl groups excluding tert-OH is 1. The van der Waals surface area contributed by atoms with Crippen molar-refractivity contribution in [3.8, 4) is 0 Å². The molecule has 174 valence electrons. The maximum Gasteiger partial charge on any atom is 0.160 e. The fourth-order valence-corrected chi connectivity index (χ4v) is 4.09. The largest absolute Gasteiger partial charge is 0.386 e. The van der Waals surface area contributed by atoms with Gasteiger partial charge in [0.1, 0.15) is 24.4 Å². The summed E-state index contributed by atoms with van der Waals surface area (Å²) in [5.74, 6) is 0. The summed E-state index contributed by atoms with van der Waals surface area (Å²) in [7, 11) is 0. The quantitative estimate of drug-likeness (QED) is 0.437. The molecule has 1 aliphatic heterocycles. The summed E-state index contributed by atoms with van der Waals surface area (Å²) < 4.78 is 24.2.